The van der Waals surface area contributed by atoms with Crippen LogP contribution in [0.5, 0.6) is 5.75 Å². The number of amides is 2. The molecule has 0 radical (unpaired) electrons. The molecule has 2 heterocycles. The van der Waals surface area contributed by atoms with Gasteiger partial charge in [0.15, 0.2) is 0 Å². The molecule has 2 bridgehead atoms. The molecule has 190 valence electrons. The Morgan fingerprint density at radius 2 is 1.68 bits per heavy atom. The Bertz CT molecular complexity index is 1310. The van der Waals surface area contributed by atoms with Crippen molar-refractivity contribution in [3.05, 3.63) is 107 Å². The van der Waals surface area contributed by atoms with E-state index in [1.807, 2.05) is 54.6 Å². The number of rotatable bonds is 7. The molecule has 1 fully saturated rings. The monoisotopic (exact) mass is 500 g/mol. The number of nitrogens with one attached hydrogen (secondary N) is 1. The molecule has 3 aromatic rings. The van der Waals surface area contributed by atoms with Crippen LogP contribution in [0.15, 0.2) is 84.4 Å². The van der Waals surface area contributed by atoms with Gasteiger partial charge in [0.2, 0.25) is 0 Å². The van der Waals surface area contributed by atoms with E-state index in [-0.39, 0.29) is 24.4 Å². The molecule has 7 heteroatoms. The molecule has 2 aliphatic heterocycles. The highest BCUT2D eigenvalue weighted by Gasteiger charge is 2.47. The maximum atomic E-state index is 13.3. The molecule has 1 saturated heterocycles. The van der Waals surface area contributed by atoms with Gasteiger partial charge in [-0.1, -0.05) is 60.7 Å². The highest BCUT2D eigenvalue weighted by atomic mass is 19.1. The predicted octanol–water partition coefficient (Wildman–Crippen LogP) is 5.48. The van der Waals surface area contributed by atoms with Crippen LogP contribution in [0.1, 0.15) is 36.0 Å². The average molecular weight is 501 g/mol. The predicted molar refractivity (Wildman–Crippen MR) is 138 cm³/mol. The summed E-state index contributed by atoms with van der Waals surface area (Å²) in [5.74, 6) is -0.0662. The topological polar surface area (TPSA) is 67.9 Å². The van der Waals surface area contributed by atoms with Crippen molar-refractivity contribution in [1.82, 2.24) is 10.2 Å². The molecule has 3 aromatic carbocycles. The second-order valence-electron chi connectivity index (χ2n) is 9.30. The summed E-state index contributed by atoms with van der Waals surface area (Å²) >= 11 is 0. The van der Waals surface area contributed by atoms with Gasteiger partial charge < -0.3 is 19.7 Å². The van der Waals surface area contributed by atoms with E-state index in [1.165, 1.54) is 19.2 Å². The lowest BCUT2D eigenvalue weighted by molar-refractivity contribution is -0.136. The summed E-state index contributed by atoms with van der Waals surface area (Å²) in [7, 11) is 1.37. The van der Waals surface area contributed by atoms with Gasteiger partial charge in [-0.15, -0.1) is 0 Å². The van der Waals surface area contributed by atoms with Gasteiger partial charge in [-0.05, 0) is 54.2 Å². The maximum absolute atomic E-state index is 13.3. The van der Waals surface area contributed by atoms with Gasteiger partial charge in [0.1, 0.15) is 18.2 Å². The Morgan fingerprint density at radius 3 is 2.43 bits per heavy atom. The minimum atomic E-state index is -0.436. The summed E-state index contributed by atoms with van der Waals surface area (Å²) in [4.78, 5) is 28.1. The number of benzene rings is 3. The Morgan fingerprint density at radius 1 is 0.946 bits per heavy atom. The van der Waals surface area contributed by atoms with Gasteiger partial charge in [0.25, 0.3) is 0 Å². The molecule has 2 amide bonds. The number of esters is 1. The van der Waals surface area contributed by atoms with Gasteiger partial charge in [0.05, 0.1) is 18.7 Å². The summed E-state index contributed by atoms with van der Waals surface area (Å²) in [5.41, 5.74) is 4.07. The van der Waals surface area contributed by atoms with Crippen LogP contribution in [0.2, 0.25) is 0 Å². The Labute approximate surface area is 215 Å². The number of ether oxygens (including phenoxy) is 2. The van der Waals surface area contributed by atoms with E-state index in [0.29, 0.717) is 30.8 Å². The van der Waals surface area contributed by atoms with E-state index in [9.17, 15) is 14.0 Å². The molecule has 2 aliphatic rings. The maximum Gasteiger partial charge on any atom is 0.336 e. The minimum Gasteiger partial charge on any atom is -0.488 e. The van der Waals surface area contributed by atoms with E-state index >= 15 is 0 Å². The highest BCUT2D eigenvalue weighted by Crippen LogP contribution is 2.45. The smallest absolute Gasteiger partial charge is 0.336 e. The first-order chi connectivity index (χ1) is 18.0. The molecule has 0 spiro atoms. The van der Waals surface area contributed by atoms with Crippen LogP contribution in [-0.4, -0.2) is 36.1 Å². The second-order valence-corrected chi connectivity index (χ2v) is 9.30. The van der Waals surface area contributed by atoms with Crippen molar-refractivity contribution in [3.63, 3.8) is 0 Å². The van der Waals surface area contributed by atoms with E-state index in [2.05, 4.69) is 5.32 Å². The number of urea groups is 1. The van der Waals surface area contributed by atoms with Gasteiger partial charge in [-0.25, -0.2) is 14.0 Å². The van der Waals surface area contributed by atoms with Crippen LogP contribution in [0, 0.1) is 5.82 Å². The second kappa shape index (κ2) is 10.9. The van der Waals surface area contributed by atoms with Crippen molar-refractivity contribution in [2.75, 3.05) is 7.11 Å². The molecular weight excluding hydrogens is 471 g/mol. The van der Waals surface area contributed by atoms with E-state index in [0.717, 1.165) is 28.7 Å². The first-order valence-corrected chi connectivity index (χ1v) is 12.4. The average Bonchev–Trinajstić information content (AvgIpc) is 3.25. The fourth-order valence-corrected chi connectivity index (χ4v) is 5.29. The first kappa shape index (κ1) is 24.6. The number of methoxy groups -OCH3 is 1. The molecular formula is C30H29FN2O4. The van der Waals surface area contributed by atoms with E-state index in [1.54, 1.807) is 17.0 Å². The van der Waals surface area contributed by atoms with Crippen LogP contribution in [0.3, 0.4) is 0 Å². The zero-order valence-corrected chi connectivity index (χ0v) is 20.7. The van der Waals surface area contributed by atoms with Crippen molar-refractivity contribution < 1.29 is 23.5 Å². The normalized spacial score (nSPS) is 18.5. The number of halogens is 1. The fourth-order valence-electron chi connectivity index (χ4n) is 5.29. The lowest BCUT2D eigenvalue weighted by Gasteiger charge is -2.37. The lowest BCUT2D eigenvalue weighted by atomic mass is 9.88. The Balaban J connectivity index is 1.41. The number of fused-ring (bicyclic) bond motifs is 2. The summed E-state index contributed by atoms with van der Waals surface area (Å²) in [6.07, 6.45) is 1.98. The van der Waals surface area contributed by atoms with Crippen LogP contribution in [-0.2, 0) is 22.7 Å². The van der Waals surface area contributed by atoms with Gasteiger partial charge in [-0.3, -0.25) is 0 Å². The van der Waals surface area contributed by atoms with Crippen LogP contribution < -0.4 is 10.1 Å². The van der Waals surface area contributed by atoms with Crippen molar-refractivity contribution >= 4 is 17.6 Å². The summed E-state index contributed by atoms with van der Waals surface area (Å²) in [6, 6.07) is 23.0. The highest BCUT2D eigenvalue weighted by molar-refractivity contribution is 6.01. The summed E-state index contributed by atoms with van der Waals surface area (Å²) < 4.78 is 24.6. The van der Waals surface area contributed by atoms with Gasteiger partial charge in [0, 0.05) is 18.2 Å². The number of para-hydroxylation sites is 1. The molecule has 0 aromatic heterocycles. The lowest BCUT2D eigenvalue weighted by Crippen LogP contribution is -2.50. The zero-order valence-electron chi connectivity index (χ0n) is 20.7. The molecule has 0 aliphatic carbocycles. The van der Waals surface area contributed by atoms with Crippen molar-refractivity contribution in [1.29, 1.82) is 0 Å². The molecule has 2 atom stereocenters. The van der Waals surface area contributed by atoms with Crippen molar-refractivity contribution in [3.8, 4) is 5.75 Å². The van der Waals surface area contributed by atoms with Gasteiger partial charge in [-0.2, -0.15) is 0 Å². The fraction of sp³-hybridized carbons (Fsp3) is 0.267. The van der Waals surface area contributed by atoms with Crippen LogP contribution in [0.25, 0.3) is 5.57 Å². The third-order valence-corrected chi connectivity index (χ3v) is 7.05. The van der Waals surface area contributed by atoms with Crippen molar-refractivity contribution in [2.45, 2.75) is 44.5 Å². The largest absolute Gasteiger partial charge is 0.488 e. The number of carbonyl (C=O) groups excluding carboxylic acids is 2. The van der Waals surface area contributed by atoms with Crippen LogP contribution in [0.4, 0.5) is 9.18 Å². The SMILES string of the molecule is COC(=O)C1=C(c2ccccc2OCc2ccccc2)C[C@@H]2CC[C@H]1N2C(=O)NCc1ccc(F)cc1. The van der Waals surface area contributed by atoms with Crippen LogP contribution >= 0.6 is 0 Å². The quantitative estimate of drug-likeness (QED) is 0.437. The van der Waals surface area contributed by atoms with E-state index < -0.39 is 12.0 Å². The Kier molecular flexibility index (Phi) is 7.21. The molecule has 0 saturated carbocycles. The molecule has 1 N–H and O–H groups in total. The summed E-state index contributed by atoms with van der Waals surface area (Å²) in [5, 5.41) is 2.94. The van der Waals surface area contributed by atoms with E-state index in [4.69, 9.17) is 9.47 Å². The Hall–Kier alpha value is -4.13. The third-order valence-electron chi connectivity index (χ3n) is 7.05. The minimum absolute atomic E-state index is 0.0520. The zero-order chi connectivity index (χ0) is 25.8. The summed E-state index contributed by atoms with van der Waals surface area (Å²) in [6.45, 7) is 0.679. The number of hydrogen-bond donors (Lipinski definition) is 1. The molecule has 37 heavy (non-hydrogen) atoms. The number of carbonyl (C=O) groups is 2. The molecule has 0 unspecified atom stereocenters. The van der Waals surface area contributed by atoms with Crippen molar-refractivity contribution in [2.24, 2.45) is 0 Å². The number of nitrogens with zero attached hydrogens (tertiary/aromatic N) is 1. The third kappa shape index (κ3) is 5.21. The molecule has 5 rings (SSSR count). The first-order valence-electron chi connectivity index (χ1n) is 12.4. The number of hydrogen-bond acceptors (Lipinski definition) is 4. The standard InChI is InChI=1S/C30H29FN2O4/c1-36-29(34)28-25(24-9-5-6-10-27(24)37-19-21-7-3-2-4-8-21)17-23-15-16-26(28)33(23)30(35)32-18-20-11-13-22(31)14-12-20/h2-14,23,26H,15-19H2,1H3,(H,32,35)/t23-,26+/m0/s1. The van der Waals surface area contributed by atoms with Gasteiger partial charge >= 0.3 is 12.0 Å². The molecule has 6 nitrogen and oxygen atoms in total.